The quantitative estimate of drug-likeness (QED) is 0.558. The van der Waals surface area contributed by atoms with Crippen molar-refractivity contribution in [2.24, 2.45) is 0 Å². The zero-order valence-corrected chi connectivity index (χ0v) is 12.9. The zero-order chi connectivity index (χ0) is 16.4. The van der Waals surface area contributed by atoms with E-state index in [-0.39, 0.29) is 30.8 Å². The van der Waals surface area contributed by atoms with Crippen LogP contribution in [0.3, 0.4) is 0 Å². The van der Waals surface area contributed by atoms with Gasteiger partial charge in [0.25, 0.3) is 0 Å². The Morgan fingerprint density at radius 3 is 2.36 bits per heavy atom. The molecule has 1 atom stereocenters. The van der Waals surface area contributed by atoms with E-state index in [0.29, 0.717) is 25.3 Å². The molecule has 0 fully saturated rings. The van der Waals surface area contributed by atoms with E-state index in [1.54, 1.807) is 26.0 Å². The van der Waals surface area contributed by atoms with E-state index in [1.165, 1.54) is 12.1 Å². The summed E-state index contributed by atoms with van der Waals surface area (Å²) in [5.74, 6) is -1.56. The zero-order valence-electron chi connectivity index (χ0n) is 12.9. The highest BCUT2D eigenvalue weighted by molar-refractivity contribution is 5.78. The Hall–Kier alpha value is -1.95. The number of rotatable bonds is 9. The van der Waals surface area contributed by atoms with E-state index < -0.39 is 5.92 Å². The van der Waals surface area contributed by atoms with Crippen molar-refractivity contribution in [2.45, 2.75) is 26.2 Å². The smallest absolute Gasteiger partial charge is 0.314 e. The van der Waals surface area contributed by atoms with Crippen molar-refractivity contribution >= 4 is 11.9 Å². The maximum absolute atomic E-state index is 13.0. The summed E-state index contributed by atoms with van der Waals surface area (Å²) in [4.78, 5) is 23.2. The topological polar surface area (TPSA) is 64.6 Å². The van der Waals surface area contributed by atoms with E-state index >= 15 is 0 Å². The molecule has 1 aromatic rings. The van der Waals surface area contributed by atoms with Crippen molar-refractivity contribution in [3.63, 3.8) is 0 Å². The Kier molecular flexibility index (Phi) is 8.14. The fraction of sp³-hybridized carbons (Fsp3) is 0.500. The van der Waals surface area contributed by atoms with Crippen LogP contribution in [-0.2, 0) is 19.1 Å². The molecule has 1 aromatic carbocycles. The summed E-state index contributed by atoms with van der Waals surface area (Å²) in [6.07, 6.45) is 0.229. The first kappa shape index (κ1) is 18.1. The Labute approximate surface area is 129 Å². The number of carbonyl (C=O) groups is 2. The molecule has 0 amide bonds. The average Bonchev–Trinajstić information content (AvgIpc) is 2.49. The van der Waals surface area contributed by atoms with Crippen LogP contribution >= 0.6 is 0 Å². The Bertz CT molecular complexity index is 476. The summed E-state index contributed by atoms with van der Waals surface area (Å²) in [5.41, 5.74) is 0.670. The monoisotopic (exact) mass is 311 g/mol. The second-order valence-electron chi connectivity index (χ2n) is 4.62. The number of nitrogens with one attached hydrogen (secondary N) is 1. The molecule has 22 heavy (non-hydrogen) atoms. The van der Waals surface area contributed by atoms with Crippen LogP contribution in [0.25, 0.3) is 0 Å². The molecular weight excluding hydrogens is 289 g/mol. The molecule has 1 unspecified atom stereocenters. The van der Waals surface area contributed by atoms with Gasteiger partial charge in [-0.3, -0.25) is 9.59 Å². The van der Waals surface area contributed by atoms with Gasteiger partial charge in [-0.15, -0.1) is 0 Å². The third-order valence-corrected chi connectivity index (χ3v) is 3.00. The lowest BCUT2D eigenvalue weighted by Crippen LogP contribution is -2.30. The average molecular weight is 311 g/mol. The Balaban J connectivity index is 2.57. The second kappa shape index (κ2) is 9.89. The van der Waals surface area contributed by atoms with Gasteiger partial charge in [0, 0.05) is 13.1 Å². The first-order valence-electron chi connectivity index (χ1n) is 7.36. The maximum atomic E-state index is 13.0. The predicted octanol–water partition coefficient (Wildman–Crippen LogP) is 2.02. The minimum Gasteiger partial charge on any atom is -0.466 e. The van der Waals surface area contributed by atoms with Gasteiger partial charge in [-0.05, 0) is 31.5 Å². The van der Waals surface area contributed by atoms with E-state index in [1.807, 2.05) is 0 Å². The lowest BCUT2D eigenvalue weighted by molar-refractivity contribution is -0.144. The molecule has 0 saturated carbocycles. The minimum atomic E-state index is -0.539. The molecule has 0 aliphatic heterocycles. The molecule has 0 aliphatic carbocycles. The van der Waals surface area contributed by atoms with Crippen LogP contribution in [-0.4, -0.2) is 38.2 Å². The van der Waals surface area contributed by atoms with Crippen LogP contribution in [0, 0.1) is 5.82 Å². The van der Waals surface area contributed by atoms with Crippen molar-refractivity contribution in [2.75, 3.05) is 26.3 Å². The molecule has 5 nitrogen and oxygen atoms in total. The summed E-state index contributed by atoms with van der Waals surface area (Å²) in [7, 11) is 0. The molecule has 0 aliphatic rings. The molecule has 0 saturated heterocycles. The molecular formula is C16H22FNO4. The van der Waals surface area contributed by atoms with E-state index in [9.17, 15) is 14.0 Å². The highest BCUT2D eigenvalue weighted by Crippen LogP contribution is 2.17. The summed E-state index contributed by atoms with van der Waals surface area (Å²) < 4.78 is 22.8. The molecule has 0 spiro atoms. The van der Waals surface area contributed by atoms with Crippen LogP contribution in [0.2, 0.25) is 0 Å². The molecule has 1 rings (SSSR count). The number of halogens is 1. The molecule has 0 aromatic heterocycles. The van der Waals surface area contributed by atoms with Crippen LogP contribution in [0.4, 0.5) is 4.39 Å². The van der Waals surface area contributed by atoms with Crippen molar-refractivity contribution in [3.05, 3.63) is 35.6 Å². The molecule has 6 heteroatoms. The maximum Gasteiger partial charge on any atom is 0.314 e. The third-order valence-electron chi connectivity index (χ3n) is 3.00. The summed E-state index contributed by atoms with van der Waals surface area (Å²) in [5, 5.41) is 3.03. The van der Waals surface area contributed by atoms with Gasteiger partial charge >= 0.3 is 11.9 Å². The standard InChI is InChI=1S/C16H22FNO4/c1-3-21-15(19)9-10-18-11-14(16(20)22-4-2)12-5-7-13(17)8-6-12/h5-8,14,18H,3-4,9-11H2,1-2H3. The fourth-order valence-electron chi connectivity index (χ4n) is 1.95. The first-order valence-corrected chi connectivity index (χ1v) is 7.36. The van der Waals surface area contributed by atoms with Crippen molar-refractivity contribution in [3.8, 4) is 0 Å². The van der Waals surface area contributed by atoms with Crippen LogP contribution in [0.5, 0.6) is 0 Å². The van der Waals surface area contributed by atoms with Gasteiger partial charge in [-0.1, -0.05) is 12.1 Å². The lowest BCUT2D eigenvalue weighted by atomic mass is 9.99. The number of hydrogen-bond donors (Lipinski definition) is 1. The van der Waals surface area contributed by atoms with Gasteiger partial charge < -0.3 is 14.8 Å². The SMILES string of the molecule is CCOC(=O)CCNCC(C(=O)OCC)c1ccc(F)cc1. The van der Waals surface area contributed by atoms with E-state index in [4.69, 9.17) is 9.47 Å². The summed E-state index contributed by atoms with van der Waals surface area (Å²) in [6, 6.07) is 5.73. The molecule has 122 valence electrons. The Morgan fingerprint density at radius 2 is 1.77 bits per heavy atom. The van der Waals surface area contributed by atoms with Gasteiger partial charge in [-0.25, -0.2) is 4.39 Å². The predicted molar refractivity (Wildman–Crippen MR) is 79.9 cm³/mol. The normalized spacial score (nSPS) is 11.8. The first-order chi connectivity index (χ1) is 10.6. The molecule has 0 bridgehead atoms. The van der Waals surface area contributed by atoms with E-state index in [0.717, 1.165) is 0 Å². The number of benzene rings is 1. The number of ether oxygens (including phenoxy) is 2. The lowest BCUT2D eigenvalue weighted by Gasteiger charge is -2.16. The second-order valence-corrected chi connectivity index (χ2v) is 4.62. The summed E-state index contributed by atoms with van der Waals surface area (Å²) >= 11 is 0. The van der Waals surface area contributed by atoms with Gasteiger partial charge in [0.2, 0.25) is 0 Å². The van der Waals surface area contributed by atoms with Crippen molar-refractivity contribution in [1.29, 1.82) is 0 Å². The van der Waals surface area contributed by atoms with Crippen molar-refractivity contribution in [1.82, 2.24) is 5.32 Å². The highest BCUT2D eigenvalue weighted by Gasteiger charge is 2.21. The van der Waals surface area contributed by atoms with E-state index in [2.05, 4.69) is 5.32 Å². The third kappa shape index (κ3) is 6.22. The number of esters is 2. The number of carbonyl (C=O) groups excluding carboxylic acids is 2. The minimum absolute atomic E-state index is 0.229. The number of hydrogen-bond acceptors (Lipinski definition) is 5. The molecule has 0 heterocycles. The van der Waals surface area contributed by atoms with Crippen LogP contribution < -0.4 is 5.32 Å². The van der Waals surface area contributed by atoms with Crippen LogP contribution in [0.15, 0.2) is 24.3 Å². The van der Waals surface area contributed by atoms with Crippen molar-refractivity contribution < 1.29 is 23.5 Å². The molecule has 1 N–H and O–H groups in total. The fourth-order valence-corrected chi connectivity index (χ4v) is 1.95. The molecule has 0 radical (unpaired) electrons. The van der Waals surface area contributed by atoms with Gasteiger partial charge in [-0.2, -0.15) is 0 Å². The highest BCUT2D eigenvalue weighted by atomic mass is 19.1. The van der Waals surface area contributed by atoms with Gasteiger partial charge in [0.1, 0.15) is 5.82 Å². The Morgan fingerprint density at radius 1 is 1.14 bits per heavy atom. The van der Waals surface area contributed by atoms with Gasteiger partial charge in [0.15, 0.2) is 0 Å². The largest absolute Gasteiger partial charge is 0.466 e. The van der Waals surface area contributed by atoms with Crippen LogP contribution in [0.1, 0.15) is 31.7 Å². The van der Waals surface area contributed by atoms with Gasteiger partial charge in [0.05, 0.1) is 25.6 Å². The summed E-state index contributed by atoms with van der Waals surface area (Å²) in [6.45, 7) is 4.81.